The predicted octanol–water partition coefficient (Wildman–Crippen LogP) is 1.24. The highest BCUT2D eigenvalue weighted by Gasteiger charge is 2.31. The minimum Gasteiger partial charge on any atom is -0.480 e. The number of aromatic nitrogens is 2. The van der Waals surface area contributed by atoms with E-state index in [1.165, 1.54) is 0 Å². The van der Waals surface area contributed by atoms with Gasteiger partial charge in [0.05, 0.1) is 13.1 Å². The molecule has 1 fully saturated rings. The van der Waals surface area contributed by atoms with Gasteiger partial charge >= 0.3 is 5.97 Å². The van der Waals surface area contributed by atoms with E-state index in [0.29, 0.717) is 24.3 Å². The summed E-state index contributed by atoms with van der Waals surface area (Å²) in [6, 6.07) is 0.362. The van der Waals surface area contributed by atoms with Gasteiger partial charge in [0.1, 0.15) is 0 Å². The van der Waals surface area contributed by atoms with E-state index in [1.807, 2.05) is 18.7 Å². The normalized spacial score (nSPS) is 15.8. The minimum atomic E-state index is -0.819. The van der Waals surface area contributed by atoms with Gasteiger partial charge < -0.3 is 9.63 Å². The average Bonchev–Trinajstić information content (AvgIpc) is 2.97. The molecule has 0 spiro atoms. The average molecular weight is 239 g/mol. The van der Waals surface area contributed by atoms with Crippen LogP contribution in [0, 0.1) is 0 Å². The van der Waals surface area contributed by atoms with Crippen LogP contribution in [0.4, 0.5) is 0 Å². The van der Waals surface area contributed by atoms with Crippen LogP contribution in [0.2, 0.25) is 0 Å². The Kier molecular flexibility index (Phi) is 3.42. The molecular formula is C11H17N3O3. The summed E-state index contributed by atoms with van der Waals surface area (Å²) in [6.07, 6.45) is 2.11. The summed E-state index contributed by atoms with van der Waals surface area (Å²) < 4.78 is 5.12. The van der Waals surface area contributed by atoms with Crippen LogP contribution in [0.25, 0.3) is 0 Å². The molecule has 1 heterocycles. The molecule has 0 aromatic carbocycles. The predicted molar refractivity (Wildman–Crippen MR) is 59.5 cm³/mol. The molecule has 0 atom stereocenters. The van der Waals surface area contributed by atoms with Crippen molar-refractivity contribution in [1.82, 2.24) is 15.0 Å². The molecule has 0 unspecified atom stereocenters. The molecule has 1 saturated carbocycles. The second-order valence-electron chi connectivity index (χ2n) is 4.73. The van der Waals surface area contributed by atoms with Gasteiger partial charge in [0, 0.05) is 12.0 Å². The van der Waals surface area contributed by atoms with Crippen LogP contribution in [0.15, 0.2) is 4.52 Å². The second-order valence-corrected chi connectivity index (χ2v) is 4.73. The third-order valence-corrected chi connectivity index (χ3v) is 2.74. The lowest BCUT2D eigenvalue weighted by Gasteiger charge is -2.16. The van der Waals surface area contributed by atoms with Gasteiger partial charge in [-0.15, -0.1) is 0 Å². The van der Waals surface area contributed by atoms with Crippen molar-refractivity contribution in [3.05, 3.63) is 11.7 Å². The lowest BCUT2D eigenvalue weighted by Crippen LogP contribution is -2.31. The van der Waals surface area contributed by atoms with Gasteiger partial charge in [-0.1, -0.05) is 19.0 Å². The maximum absolute atomic E-state index is 10.7. The Hall–Kier alpha value is -1.43. The Bertz CT molecular complexity index is 398. The number of aliphatic carboxylic acids is 1. The molecule has 1 N–H and O–H groups in total. The van der Waals surface area contributed by atoms with E-state index in [2.05, 4.69) is 10.1 Å². The third-order valence-electron chi connectivity index (χ3n) is 2.74. The van der Waals surface area contributed by atoms with Crippen molar-refractivity contribution in [2.45, 2.75) is 45.2 Å². The van der Waals surface area contributed by atoms with Crippen molar-refractivity contribution >= 4 is 5.97 Å². The first kappa shape index (κ1) is 12.0. The van der Waals surface area contributed by atoms with E-state index in [0.717, 1.165) is 12.8 Å². The first-order chi connectivity index (χ1) is 8.06. The summed E-state index contributed by atoms with van der Waals surface area (Å²) in [5, 5.41) is 12.7. The Morgan fingerprint density at radius 1 is 1.59 bits per heavy atom. The Morgan fingerprint density at radius 3 is 2.76 bits per heavy atom. The summed E-state index contributed by atoms with van der Waals surface area (Å²) >= 11 is 0. The van der Waals surface area contributed by atoms with Gasteiger partial charge in [0.15, 0.2) is 5.82 Å². The first-order valence-electron chi connectivity index (χ1n) is 5.84. The van der Waals surface area contributed by atoms with Crippen molar-refractivity contribution < 1.29 is 14.4 Å². The quantitative estimate of drug-likeness (QED) is 0.804. The van der Waals surface area contributed by atoms with E-state index >= 15 is 0 Å². The molecule has 94 valence electrons. The fourth-order valence-corrected chi connectivity index (χ4v) is 1.67. The number of hydrogen-bond donors (Lipinski definition) is 1. The Balaban J connectivity index is 1.98. The van der Waals surface area contributed by atoms with E-state index < -0.39 is 5.97 Å². The van der Waals surface area contributed by atoms with Crippen LogP contribution in [-0.2, 0) is 11.3 Å². The number of carboxylic acid groups (broad SMARTS) is 1. The van der Waals surface area contributed by atoms with Crippen molar-refractivity contribution in [2.24, 2.45) is 0 Å². The molecule has 2 rings (SSSR count). The smallest absolute Gasteiger partial charge is 0.317 e. The van der Waals surface area contributed by atoms with Gasteiger partial charge in [-0.3, -0.25) is 9.69 Å². The zero-order valence-corrected chi connectivity index (χ0v) is 10.1. The Morgan fingerprint density at radius 2 is 2.29 bits per heavy atom. The van der Waals surface area contributed by atoms with Crippen molar-refractivity contribution in [1.29, 1.82) is 0 Å². The lowest BCUT2D eigenvalue weighted by molar-refractivity contribution is -0.138. The maximum atomic E-state index is 10.7. The van der Waals surface area contributed by atoms with Gasteiger partial charge in [-0.2, -0.15) is 4.98 Å². The maximum Gasteiger partial charge on any atom is 0.317 e. The molecule has 0 bridgehead atoms. The highest BCUT2D eigenvalue weighted by molar-refractivity contribution is 5.69. The molecule has 0 radical (unpaired) electrons. The molecular weight excluding hydrogens is 222 g/mol. The zero-order chi connectivity index (χ0) is 12.4. The first-order valence-corrected chi connectivity index (χ1v) is 5.84. The summed E-state index contributed by atoms with van der Waals surface area (Å²) in [5.41, 5.74) is 0. The number of carboxylic acids is 1. The van der Waals surface area contributed by atoms with Crippen LogP contribution < -0.4 is 0 Å². The van der Waals surface area contributed by atoms with Crippen LogP contribution >= 0.6 is 0 Å². The minimum absolute atomic E-state index is 0.0318. The van der Waals surface area contributed by atoms with E-state index in [9.17, 15) is 4.79 Å². The van der Waals surface area contributed by atoms with Crippen molar-refractivity contribution in [2.75, 3.05) is 6.54 Å². The van der Waals surface area contributed by atoms with Crippen LogP contribution in [0.3, 0.4) is 0 Å². The molecule has 1 aromatic rings. The molecule has 17 heavy (non-hydrogen) atoms. The summed E-state index contributed by atoms with van der Waals surface area (Å²) in [5.74, 6) is 0.578. The zero-order valence-electron chi connectivity index (χ0n) is 10.1. The van der Waals surface area contributed by atoms with Crippen LogP contribution in [0.5, 0.6) is 0 Å². The summed E-state index contributed by atoms with van der Waals surface area (Å²) in [4.78, 5) is 16.9. The van der Waals surface area contributed by atoms with Gasteiger partial charge in [0.25, 0.3) is 0 Å². The molecule has 0 saturated heterocycles. The Labute approximate surface area is 99.6 Å². The fraction of sp³-hybridized carbons (Fsp3) is 0.727. The highest BCUT2D eigenvalue weighted by atomic mass is 16.5. The van der Waals surface area contributed by atoms with E-state index in [4.69, 9.17) is 9.63 Å². The molecule has 1 aliphatic carbocycles. The van der Waals surface area contributed by atoms with Gasteiger partial charge in [-0.05, 0) is 12.8 Å². The molecule has 0 amide bonds. The third kappa shape index (κ3) is 3.26. The number of carbonyl (C=O) groups is 1. The van der Waals surface area contributed by atoms with Crippen molar-refractivity contribution in [3.8, 4) is 0 Å². The fourth-order valence-electron chi connectivity index (χ4n) is 1.67. The van der Waals surface area contributed by atoms with Crippen LogP contribution in [-0.4, -0.2) is 38.7 Å². The molecule has 6 heteroatoms. The topological polar surface area (TPSA) is 79.5 Å². The number of rotatable bonds is 6. The molecule has 1 aliphatic rings. The number of nitrogens with zero attached hydrogens (tertiary/aromatic N) is 3. The molecule has 6 nitrogen and oxygen atoms in total. The number of hydrogen-bond acceptors (Lipinski definition) is 5. The van der Waals surface area contributed by atoms with E-state index in [1.54, 1.807) is 0 Å². The largest absolute Gasteiger partial charge is 0.480 e. The second kappa shape index (κ2) is 4.83. The summed E-state index contributed by atoms with van der Waals surface area (Å²) in [6.45, 7) is 4.44. The lowest BCUT2D eigenvalue weighted by atomic mass is 10.2. The monoisotopic (exact) mass is 239 g/mol. The SMILES string of the molecule is CC(C)c1noc(CN(CC(=O)O)C2CC2)n1. The molecule has 1 aromatic heterocycles. The summed E-state index contributed by atoms with van der Waals surface area (Å²) in [7, 11) is 0. The highest BCUT2D eigenvalue weighted by Crippen LogP contribution is 2.27. The van der Waals surface area contributed by atoms with Crippen LogP contribution in [0.1, 0.15) is 44.3 Å². The van der Waals surface area contributed by atoms with Crippen molar-refractivity contribution in [3.63, 3.8) is 0 Å². The standard InChI is InChI=1S/C11H17N3O3/c1-7(2)11-12-9(17-13-11)5-14(6-10(15)16)8-3-4-8/h7-8H,3-6H2,1-2H3,(H,15,16). The molecule has 0 aliphatic heterocycles. The van der Waals surface area contributed by atoms with Gasteiger partial charge in [0.2, 0.25) is 5.89 Å². The van der Waals surface area contributed by atoms with E-state index in [-0.39, 0.29) is 12.5 Å². The van der Waals surface area contributed by atoms with Gasteiger partial charge in [-0.25, -0.2) is 0 Å².